The maximum atomic E-state index is 12.9. The highest BCUT2D eigenvalue weighted by molar-refractivity contribution is 7.15. The lowest BCUT2D eigenvalue weighted by Crippen LogP contribution is -2.14. The molecule has 4 aromatic rings. The summed E-state index contributed by atoms with van der Waals surface area (Å²) in [7, 11) is 1.74. The molecule has 1 unspecified atom stereocenters. The number of aromatic amines is 1. The summed E-state index contributed by atoms with van der Waals surface area (Å²) in [5, 5.41) is 23.3. The van der Waals surface area contributed by atoms with Gasteiger partial charge in [-0.05, 0) is 49.2 Å². The first-order chi connectivity index (χ1) is 15.5. The third-order valence-corrected chi connectivity index (χ3v) is 6.27. The predicted octanol–water partition coefficient (Wildman–Crippen LogP) is 3.37. The molecule has 1 atom stereocenters. The molecule has 3 heterocycles. The fourth-order valence-corrected chi connectivity index (χ4v) is 4.58. The first kappa shape index (κ1) is 22.2. The first-order valence-electron chi connectivity index (χ1n) is 10.4. The molecular formula is C22H25N5O4S. The van der Waals surface area contributed by atoms with Crippen molar-refractivity contribution < 1.29 is 15.1 Å². The number of aryl methyl sites for hydroxylation is 2. The van der Waals surface area contributed by atoms with Gasteiger partial charge in [0, 0.05) is 11.9 Å². The van der Waals surface area contributed by atoms with E-state index >= 15 is 0 Å². The molecule has 0 aliphatic heterocycles. The third kappa shape index (κ3) is 4.05. The number of aliphatic hydroxyl groups excluding tert-OH is 1. The van der Waals surface area contributed by atoms with Gasteiger partial charge >= 0.3 is 0 Å². The highest BCUT2D eigenvalue weighted by atomic mass is 32.1. The van der Waals surface area contributed by atoms with Crippen molar-refractivity contribution in [3.63, 3.8) is 0 Å². The van der Waals surface area contributed by atoms with Gasteiger partial charge in [-0.2, -0.15) is 10.6 Å². The molecule has 9 nitrogen and oxygen atoms in total. The van der Waals surface area contributed by atoms with Gasteiger partial charge in [0.05, 0.1) is 22.7 Å². The minimum Gasteiger partial charge on any atom is -0.493 e. The average Bonchev–Trinajstić information content (AvgIpc) is 3.39. The molecule has 1 aromatic carbocycles. The van der Waals surface area contributed by atoms with Crippen LogP contribution in [0.25, 0.3) is 32.9 Å². The van der Waals surface area contributed by atoms with Crippen molar-refractivity contribution >= 4 is 22.4 Å². The molecule has 0 aliphatic rings. The summed E-state index contributed by atoms with van der Waals surface area (Å²) in [4.78, 5) is 22.0. The van der Waals surface area contributed by atoms with Gasteiger partial charge in [0.25, 0.3) is 5.56 Å². The van der Waals surface area contributed by atoms with Gasteiger partial charge in [0.1, 0.15) is 17.1 Å². The van der Waals surface area contributed by atoms with Crippen molar-refractivity contribution in [2.24, 2.45) is 7.05 Å². The fraction of sp³-hybridized carbons (Fsp3) is 0.318. The molecule has 168 valence electrons. The van der Waals surface area contributed by atoms with Gasteiger partial charge in [-0.1, -0.05) is 13.3 Å². The van der Waals surface area contributed by atoms with Crippen molar-refractivity contribution in [2.75, 3.05) is 6.61 Å². The van der Waals surface area contributed by atoms with Crippen molar-refractivity contribution in [1.82, 2.24) is 25.2 Å². The molecule has 3 aromatic heterocycles. The molecule has 0 saturated carbocycles. The number of benzene rings is 1. The molecule has 4 rings (SSSR count). The van der Waals surface area contributed by atoms with Gasteiger partial charge in [0.15, 0.2) is 11.7 Å². The van der Waals surface area contributed by atoms with E-state index in [1.165, 1.54) is 11.3 Å². The van der Waals surface area contributed by atoms with Gasteiger partial charge in [-0.25, -0.2) is 4.98 Å². The SMILES string of the molecule is CCCc1nn(C)c2c(=O)[nH]c(-c3cc(-c4ccc(C(O)NO)s4)ccc3OCC)nc12. The molecular weight excluding hydrogens is 430 g/mol. The smallest absolute Gasteiger partial charge is 0.277 e. The summed E-state index contributed by atoms with van der Waals surface area (Å²) < 4.78 is 7.39. The van der Waals surface area contributed by atoms with Crippen molar-refractivity contribution in [1.29, 1.82) is 0 Å². The van der Waals surface area contributed by atoms with Crippen molar-refractivity contribution in [3.05, 3.63) is 51.3 Å². The molecule has 0 fully saturated rings. The number of hydroxylamine groups is 1. The normalized spacial score (nSPS) is 12.4. The summed E-state index contributed by atoms with van der Waals surface area (Å²) in [6, 6.07) is 9.25. The summed E-state index contributed by atoms with van der Waals surface area (Å²) >= 11 is 1.34. The number of ether oxygens (including phenoxy) is 1. The Labute approximate surface area is 188 Å². The van der Waals surface area contributed by atoms with Crippen LogP contribution in [0.4, 0.5) is 0 Å². The highest BCUT2D eigenvalue weighted by Gasteiger charge is 2.18. The van der Waals surface area contributed by atoms with E-state index in [0.717, 1.165) is 29.0 Å². The lowest BCUT2D eigenvalue weighted by atomic mass is 10.1. The third-order valence-electron chi connectivity index (χ3n) is 5.09. The number of rotatable bonds is 8. The van der Waals surface area contributed by atoms with E-state index in [0.29, 0.717) is 39.7 Å². The van der Waals surface area contributed by atoms with Crippen LogP contribution in [-0.4, -0.2) is 36.7 Å². The molecule has 10 heteroatoms. The Morgan fingerprint density at radius 2 is 2.09 bits per heavy atom. The van der Waals surface area contributed by atoms with Crippen molar-refractivity contribution in [3.8, 4) is 27.6 Å². The number of thiophene rings is 1. The second-order valence-corrected chi connectivity index (χ2v) is 8.43. The maximum absolute atomic E-state index is 12.9. The van der Waals surface area contributed by atoms with E-state index in [4.69, 9.17) is 14.9 Å². The van der Waals surface area contributed by atoms with Crippen LogP contribution in [0, 0.1) is 0 Å². The second kappa shape index (κ2) is 9.21. The van der Waals surface area contributed by atoms with E-state index < -0.39 is 6.23 Å². The Bertz CT molecular complexity index is 1310. The van der Waals surface area contributed by atoms with Crippen molar-refractivity contribution in [2.45, 2.75) is 32.9 Å². The summed E-state index contributed by atoms with van der Waals surface area (Å²) in [5.74, 6) is 1.01. The highest BCUT2D eigenvalue weighted by Crippen LogP contribution is 2.36. The largest absolute Gasteiger partial charge is 0.493 e. The van der Waals surface area contributed by atoms with Gasteiger partial charge in [0.2, 0.25) is 0 Å². The zero-order chi connectivity index (χ0) is 22.8. The molecule has 4 N–H and O–H groups in total. The minimum absolute atomic E-state index is 0.259. The molecule has 32 heavy (non-hydrogen) atoms. The van der Waals surface area contributed by atoms with E-state index in [9.17, 15) is 9.90 Å². The molecule has 0 aliphatic carbocycles. The van der Waals surface area contributed by atoms with Gasteiger partial charge in [-0.3, -0.25) is 9.48 Å². The van der Waals surface area contributed by atoms with E-state index in [-0.39, 0.29) is 5.56 Å². The lowest BCUT2D eigenvalue weighted by Gasteiger charge is -2.12. The number of aromatic nitrogens is 4. The predicted molar refractivity (Wildman–Crippen MR) is 123 cm³/mol. The quantitative estimate of drug-likeness (QED) is 0.237. The van der Waals surface area contributed by atoms with Crippen LogP contribution < -0.4 is 15.8 Å². The lowest BCUT2D eigenvalue weighted by molar-refractivity contribution is 0.00289. The summed E-state index contributed by atoms with van der Waals surface area (Å²) in [5.41, 5.74) is 4.94. The van der Waals surface area contributed by atoms with Gasteiger partial charge < -0.3 is 20.0 Å². The molecule has 0 radical (unpaired) electrons. The Balaban J connectivity index is 1.87. The summed E-state index contributed by atoms with van der Waals surface area (Å²) in [6.45, 7) is 4.42. The van der Waals surface area contributed by atoms with E-state index in [1.807, 2.05) is 36.7 Å². The maximum Gasteiger partial charge on any atom is 0.277 e. The van der Waals surface area contributed by atoms with E-state index in [2.05, 4.69) is 17.0 Å². The van der Waals surface area contributed by atoms with Crippen LogP contribution in [0.5, 0.6) is 5.75 Å². The van der Waals surface area contributed by atoms with Crippen LogP contribution >= 0.6 is 11.3 Å². The van der Waals surface area contributed by atoms with Crippen LogP contribution in [0.3, 0.4) is 0 Å². The number of nitrogens with zero attached hydrogens (tertiary/aromatic N) is 3. The number of nitrogens with one attached hydrogen (secondary N) is 2. The first-order valence-corrected chi connectivity index (χ1v) is 11.2. The molecule has 0 saturated heterocycles. The zero-order valence-corrected chi connectivity index (χ0v) is 18.9. The molecule has 0 spiro atoms. The Kier molecular flexibility index (Phi) is 6.38. The fourth-order valence-electron chi connectivity index (χ4n) is 3.65. The Morgan fingerprint density at radius 1 is 1.28 bits per heavy atom. The summed E-state index contributed by atoms with van der Waals surface area (Å²) in [6.07, 6.45) is 0.467. The topological polar surface area (TPSA) is 125 Å². The number of hydrogen-bond donors (Lipinski definition) is 4. The van der Waals surface area contributed by atoms with Crippen LogP contribution in [-0.2, 0) is 13.5 Å². The number of H-pyrrole nitrogens is 1. The van der Waals surface area contributed by atoms with Gasteiger partial charge in [-0.15, -0.1) is 11.3 Å². The standard InChI is InChI=1S/C22H25N5O4S/c1-4-6-14-18-19(27(3)25-14)22(29)24-20(23-18)13-11-12(7-8-15(13)31-5-2)16-9-10-17(32-16)21(28)26-30/h7-11,21,26,28,30H,4-6H2,1-3H3,(H,23,24,29). The average molecular weight is 456 g/mol. The number of hydrogen-bond acceptors (Lipinski definition) is 8. The second-order valence-electron chi connectivity index (χ2n) is 7.31. The molecule has 0 bridgehead atoms. The number of aliphatic hydroxyl groups is 1. The monoisotopic (exact) mass is 455 g/mol. The van der Waals surface area contributed by atoms with Crippen LogP contribution in [0.1, 0.15) is 37.1 Å². The minimum atomic E-state index is -1.15. The van der Waals surface area contributed by atoms with Crippen LogP contribution in [0.15, 0.2) is 35.1 Å². The number of fused-ring (bicyclic) bond motifs is 1. The Hall–Kier alpha value is -3.05. The Morgan fingerprint density at radius 3 is 2.81 bits per heavy atom. The van der Waals surface area contributed by atoms with E-state index in [1.54, 1.807) is 17.8 Å². The zero-order valence-electron chi connectivity index (χ0n) is 18.0. The molecule has 0 amide bonds. The van der Waals surface area contributed by atoms with Crippen LogP contribution in [0.2, 0.25) is 0 Å².